The van der Waals surface area contributed by atoms with E-state index in [1.54, 1.807) is 22.8 Å². The van der Waals surface area contributed by atoms with E-state index in [0.717, 1.165) is 37.2 Å². The van der Waals surface area contributed by atoms with Crippen molar-refractivity contribution in [2.24, 2.45) is 0 Å². The number of hydrogen-bond acceptors (Lipinski definition) is 2. The third-order valence-electron chi connectivity index (χ3n) is 3.29. The summed E-state index contributed by atoms with van der Waals surface area (Å²) in [5.41, 5.74) is 0.834. The molecule has 0 spiro atoms. The molecule has 4 nitrogen and oxygen atoms in total. The van der Waals surface area contributed by atoms with Crippen LogP contribution in [0.25, 0.3) is 0 Å². The van der Waals surface area contributed by atoms with Crippen molar-refractivity contribution in [2.75, 3.05) is 0 Å². The first-order valence-corrected chi connectivity index (χ1v) is 7.00. The van der Waals surface area contributed by atoms with Crippen molar-refractivity contribution in [3.05, 3.63) is 50.1 Å². The van der Waals surface area contributed by atoms with Crippen LogP contribution in [-0.2, 0) is 19.5 Å². The molecule has 1 aromatic heterocycles. The van der Waals surface area contributed by atoms with Crippen LogP contribution >= 0.6 is 23.2 Å². The van der Waals surface area contributed by atoms with Crippen molar-refractivity contribution < 1.29 is 0 Å². The number of halogens is 2. The predicted octanol–water partition coefficient (Wildman–Crippen LogP) is 2.74. The molecule has 0 N–H and O–H groups in total. The highest BCUT2D eigenvalue weighted by molar-refractivity contribution is 6.34. The number of fused-ring (bicyclic) bond motifs is 1. The second-order valence-corrected chi connectivity index (χ2v) is 5.62. The fraction of sp³-hybridized carbons (Fsp3) is 0.385. The Labute approximate surface area is 120 Å². The van der Waals surface area contributed by atoms with Gasteiger partial charge in [-0.25, -0.2) is 9.48 Å². The van der Waals surface area contributed by atoms with E-state index >= 15 is 0 Å². The molecule has 0 unspecified atom stereocenters. The van der Waals surface area contributed by atoms with Gasteiger partial charge < -0.3 is 0 Å². The molecular weight excluding hydrogens is 285 g/mol. The fourth-order valence-electron chi connectivity index (χ4n) is 2.43. The summed E-state index contributed by atoms with van der Waals surface area (Å²) in [7, 11) is 0. The van der Waals surface area contributed by atoms with E-state index in [0.29, 0.717) is 16.6 Å². The van der Waals surface area contributed by atoms with Crippen LogP contribution in [0.3, 0.4) is 0 Å². The van der Waals surface area contributed by atoms with E-state index in [2.05, 4.69) is 5.10 Å². The second-order valence-electron chi connectivity index (χ2n) is 4.74. The molecule has 19 heavy (non-hydrogen) atoms. The first-order valence-electron chi connectivity index (χ1n) is 6.25. The molecule has 0 bridgehead atoms. The number of aromatic nitrogens is 3. The maximum absolute atomic E-state index is 12.2. The standard InChI is InChI=1S/C13H13Cl2N3O/c14-10-5-9(6-11(15)7-10)8-18-13(19)17-4-2-1-3-12(17)16-18/h5-7H,1-4,8H2. The monoisotopic (exact) mass is 297 g/mol. The van der Waals surface area contributed by atoms with Gasteiger partial charge in [-0.15, -0.1) is 0 Å². The van der Waals surface area contributed by atoms with Gasteiger partial charge in [0.1, 0.15) is 5.82 Å². The third kappa shape index (κ3) is 2.55. The molecule has 0 atom stereocenters. The molecule has 6 heteroatoms. The topological polar surface area (TPSA) is 39.8 Å². The lowest BCUT2D eigenvalue weighted by molar-refractivity contribution is 0.511. The van der Waals surface area contributed by atoms with E-state index in [1.807, 2.05) is 0 Å². The predicted molar refractivity (Wildman–Crippen MR) is 75.0 cm³/mol. The highest BCUT2D eigenvalue weighted by atomic mass is 35.5. The van der Waals surface area contributed by atoms with Crippen LogP contribution in [0.5, 0.6) is 0 Å². The van der Waals surface area contributed by atoms with Crippen molar-refractivity contribution in [1.82, 2.24) is 14.3 Å². The zero-order valence-electron chi connectivity index (χ0n) is 10.3. The molecule has 0 radical (unpaired) electrons. The maximum Gasteiger partial charge on any atom is 0.346 e. The number of hydrogen-bond donors (Lipinski definition) is 0. The maximum atomic E-state index is 12.2. The lowest BCUT2D eigenvalue weighted by atomic mass is 10.2. The highest BCUT2D eigenvalue weighted by Crippen LogP contribution is 2.19. The lowest BCUT2D eigenvalue weighted by Crippen LogP contribution is -2.27. The normalized spacial score (nSPS) is 14.4. The van der Waals surface area contributed by atoms with Crippen LogP contribution in [0.1, 0.15) is 24.2 Å². The van der Waals surface area contributed by atoms with E-state index in [1.165, 1.54) is 4.68 Å². The summed E-state index contributed by atoms with van der Waals surface area (Å²) in [5, 5.41) is 5.52. The Morgan fingerprint density at radius 1 is 1.16 bits per heavy atom. The summed E-state index contributed by atoms with van der Waals surface area (Å²) in [6.45, 7) is 1.17. The SMILES string of the molecule is O=c1n(Cc2cc(Cl)cc(Cl)c2)nc2n1CCCC2. The van der Waals surface area contributed by atoms with Crippen LogP contribution in [0.4, 0.5) is 0 Å². The van der Waals surface area contributed by atoms with Gasteiger partial charge in [-0.3, -0.25) is 4.57 Å². The molecule has 0 aliphatic carbocycles. The van der Waals surface area contributed by atoms with E-state index in [-0.39, 0.29) is 5.69 Å². The molecule has 2 aromatic rings. The smallest absolute Gasteiger partial charge is 0.279 e. The number of benzene rings is 1. The van der Waals surface area contributed by atoms with Crippen molar-refractivity contribution in [3.63, 3.8) is 0 Å². The van der Waals surface area contributed by atoms with Crippen LogP contribution < -0.4 is 5.69 Å². The van der Waals surface area contributed by atoms with Crippen LogP contribution in [0, 0.1) is 0 Å². The number of nitrogens with zero attached hydrogens (tertiary/aromatic N) is 3. The summed E-state index contributed by atoms with van der Waals surface area (Å²) in [5.74, 6) is 0.879. The molecule has 3 rings (SSSR count). The summed E-state index contributed by atoms with van der Waals surface area (Å²) < 4.78 is 3.25. The lowest BCUT2D eigenvalue weighted by Gasteiger charge is -2.09. The Morgan fingerprint density at radius 3 is 2.58 bits per heavy atom. The van der Waals surface area contributed by atoms with Crippen LogP contribution in [-0.4, -0.2) is 14.3 Å². The van der Waals surface area contributed by atoms with Crippen molar-refractivity contribution in [1.29, 1.82) is 0 Å². The molecule has 1 aliphatic heterocycles. The van der Waals surface area contributed by atoms with Gasteiger partial charge in [0.2, 0.25) is 0 Å². The van der Waals surface area contributed by atoms with Gasteiger partial charge in [-0.2, -0.15) is 5.10 Å². The van der Waals surface area contributed by atoms with E-state index in [4.69, 9.17) is 23.2 Å². The minimum Gasteiger partial charge on any atom is -0.279 e. The largest absolute Gasteiger partial charge is 0.346 e. The number of rotatable bonds is 2. The Bertz CT molecular complexity index is 655. The Hall–Kier alpha value is -1.26. The minimum atomic E-state index is -0.0502. The summed E-state index contributed by atoms with van der Waals surface area (Å²) in [6.07, 6.45) is 3.01. The summed E-state index contributed by atoms with van der Waals surface area (Å²) >= 11 is 11.9. The Balaban J connectivity index is 1.95. The number of aryl methyl sites for hydroxylation is 1. The van der Waals surface area contributed by atoms with Crippen molar-refractivity contribution >= 4 is 23.2 Å². The average Bonchev–Trinajstić information content (AvgIpc) is 2.66. The van der Waals surface area contributed by atoms with Crippen LogP contribution in [0.15, 0.2) is 23.0 Å². The van der Waals surface area contributed by atoms with Gasteiger partial charge in [0.25, 0.3) is 0 Å². The first-order chi connectivity index (χ1) is 9.13. The minimum absolute atomic E-state index is 0.0502. The highest BCUT2D eigenvalue weighted by Gasteiger charge is 2.16. The molecule has 0 amide bonds. The third-order valence-corrected chi connectivity index (χ3v) is 3.72. The molecule has 0 saturated carbocycles. The summed E-state index contributed by atoms with van der Waals surface area (Å²) in [6, 6.07) is 5.28. The van der Waals surface area contributed by atoms with Gasteiger partial charge >= 0.3 is 5.69 Å². The molecule has 0 saturated heterocycles. The Kier molecular flexibility index (Phi) is 3.37. The molecule has 1 aliphatic rings. The van der Waals surface area contributed by atoms with Gasteiger partial charge in [0.15, 0.2) is 0 Å². The average molecular weight is 298 g/mol. The second kappa shape index (κ2) is 5.02. The quantitative estimate of drug-likeness (QED) is 0.855. The molecular formula is C13H13Cl2N3O. The van der Waals surface area contributed by atoms with Gasteiger partial charge in [-0.05, 0) is 36.6 Å². The molecule has 100 valence electrons. The fourth-order valence-corrected chi connectivity index (χ4v) is 3.00. The Morgan fingerprint density at radius 2 is 1.89 bits per heavy atom. The molecule has 2 heterocycles. The van der Waals surface area contributed by atoms with Gasteiger partial charge in [0.05, 0.1) is 6.54 Å². The summed E-state index contributed by atoms with van der Waals surface area (Å²) in [4.78, 5) is 12.2. The first kappa shape index (κ1) is 12.8. The van der Waals surface area contributed by atoms with Crippen molar-refractivity contribution in [2.45, 2.75) is 32.4 Å². The van der Waals surface area contributed by atoms with Gasteiger partial charge in [-0.1, -0.05) is 23.2 Å². The van der Waals surface area contributed by atoms with Crippen molar-refractivity contribution in [3.8, 4) is 0 Å². The zero-order chi connectivity index (χ0) is 13.4. The van der Waals surface area contributed by atoms with Crippen LogP contribution in [0.2, 0.25) is 10.0 Å². The van der Waals surface area contributed by atoms with E-state index in [9.17, 15) is 4.79 Å². The van der Waals surface area contributed by atoms with Gasteiger partial charge in [0, 0.05) is 23.0 Å². The molecule has 0 fully saturated rings. The zero-order valence-corrected chi connectivity index (χ0v) is 11.8. The van der Waals surface area contributed by atoms with E-state index < -0.39 is 0 Å². The molecule has 1 aromatic carbocycles.